The molecule has 9 heteroatoms. The van der Waals surface area contributed by atoms with Crippen LogP contribution in [0, 0.1) is 0 Å². The number of aromatic nitrogens is 4. The third-order valence-corrected chi connectivity index (χ3v) is 3.24. The number of nitrogens with zero attached hydrogens (tertiary/aromatic N) is 3. The average molecular weight is 349 g/mol. The Balaban J connectivity index is 1.74. The molecule has 0 aliphatic heterocycles. The van der Waals surface area contributed by atoms with E-state index in [1.165, 1.54) is 12.3 Å². The van der Waals surface area contributed by atoms with Gasteiger partial charge in [0, 0.05) is 36.4 Å². The van der Waals surface area contributed by atoms with E-state index in [-0.39, 0.29) is 11.9 Å². The number of hydrogen-bond acceptors (Lipinski definition) is 5. The number of pyridine rings is 2. The van der Waals surface area contributed by atoms with Crippen LogP contribution < -0.4 is 10.1 Å². The summed E-state index contributed by atoms with van der Waals surface area (Å²) in [5.74, 6) is 0.573. The number of anilines is 1. The third kappa shape index (κ3) is 4.69. The summed E-state index contributed by atoms with van der Waals surface area (Å²) in [6.45, 7) is -1.38. The van der Waals surface area contributed by atoms with Gasteiger partial charge in [0.15, 0.2) is 6.61 Å². The number of hydrogen-bond donors (Lipinski definition) is 2. The highest BCUT2D eigenvalue weighted by Crippen LogP contribution is 2.24. The zero-order chi connectivity index (χ0) is 17.7. The quantitative estimate of drug-likeness (QED) is 0.714. The minimum Gasteiger partial charge on any atom is -0.468 e. The zero-order valence-electron chi connectivity index (χ0n) is 12.9. The van der Waals surface area contributed by atoms with Gasteiger partial charge in [-0.05, 0) is 12.1 Å². The Bertz CT molecular complexity index is 776. The summed E-state index contributed by atoms with van der Waals surface area (Å²) >= 11 is 0. The van der Waals surface area contributed by atoms with Crippen LogP contribution in [0.1, 0.15) is 17.4 Å². The Kier molecular flexibility index (Phi) is 4.82. The molecule has 3 aromatic heterocycles. The van der Waals surface area contributed by atoms with Gasteiger partial charge in [-0.25, -0.2) is 9.97 Å². The van der Waals surface area contributed by atoms with Crippen LogP contribution in [0.5, 0.6) is 5.88 Å². The lowest BCUT2D eigenvalue weighted by Gasteiger charge is -2.18. The lowest BCUT2D eigenvalue weighted by atomic mass is 10.1. The van der Waals surface area contributed by atoms with E-state index in [2.05, 4.69) is 30.0 Å². The van der Waals surface area contributed by atoms with E-state index < -0.39 is 12.8 Å². The highest BCUT2D eigenvalue weighted by Gasteiger charge is 2.28. The van der Waals surface area contributed by atoms with Gasteiger partial charge in [-0.2, -0.15) is 13.2 Å². The van der Waals surface area contributed by atoms with Crippen LogP contribution in [0.3, 0.4) is 0 Å². The van der Waals surface area contributed by atoms with E-state index in [0.29, 0.717) is 11.5 Å². The first kappa shape index (κ1) is 16.7. The highest BCUT2D eigenvalue weighted by atomic mass is 19.4. The summed E-state index contributed by atoms with van der Waals surface area (Å²) in [4.78, 5) is 15.3. The van der Waals surface area contributed by atoms with Crippen molar-refractivity contribution in [2.24, 2.45) is 0 Å². The first-order valence-corrected chi connectivity index (χ1v) is 7.32. The van der Waals surface area contributed by atoms with Crippen LogP contribution in [0.25, 0.3) is 0 Å². The number of ether oxygens (including phenoxy) is 1. The molecule has 0 bridgehead atoms. The van der Waals surface area contributed by atoms with Crippen molar-refractivity contribution in [1.82, 2.24) is 19.9 Å². The Morgan fingerprint density at radius 2 is 2.00 bits per heavy atom. The van der Waals surface area contributed by atoms with Crippen molar-refractivity contribution in [2.45, 2.75) is 12.2 Å². The summed E-state index contributed by atoms with van der Waals surface area (Å²) in [5, 5.41) is 3.22. The van der Waals surface area contributed by atoms with Crippen molar-refractivity contribution in [1.29, 1.82) is 0 Å². The second kappa shape index (κ2) is 7.20. The lowest BCUT2D eigenvalue weighted by Crippen LogP contribution is -2.19. The van der Waals surface area contributed by atoms with Gasteiger partial charge in [-0.15, -0.1) is 0 Å². The van der Waals surface area contributed by atoms with Gasteiger partial charge < -0.3 is 15.0 Å². The van der Waals surface area contributed by atoms with Crippen LogP contribution in [-0.4, -0.2) is 32.7 Å². The van der Waals surface area contributed by atoms with Crippen molar-refractivity contribution in [3.8, 4) is 5.88 Å². The van der Waals surface area contributed by atoms with E-state index in [4.69, 9.17) is 0 Å². The summed E-state index contributed by atoms with van der Waals surface area (Å²) in [5.41, 5.74) is 1.47. The standard InChI is InChI=1S/C16H14F3N5O/c17-16(18,19)10-25-13-4-3-12(9-23-13)24-14(15-21-6-7-22-15)11-2-1-5-20-8-11/h1-9,14,24H,10H2,(H,21,22)/t14-/m1/s1. The molecule has 1 atom stereocenters. The maximum Gasteiger partial charge on any atom is 0.422 e. The minimum atomic E-state index is -4.40. The molecule has 3 rings (SSSR count). The number of aromatic amines is 1. The van der Waals surface area contributed by atoms with Crippen molar-refractivity contribution < 1.29 is 17.9 Å². The molecule has 130 valence electrons. The SMILES string of the molecule is FC(F)(F)COc1ccc(N[C@H](c2cccnc2)c2ncc[nH]2)cn1. The molecule has 0 aliphatic carbocycles. The molecule has 0 saturated carbocycles. The molecule has 2 N–H and O–H groups in total. The molecule has 0 amide bonds. The molecule has 0 saturated heterocycles. The van der Waals surface area contributed by atoms with Crippen molar-refractivity contribution in [2.75, 3.05) is 11.9 Å². The predicted molar refractivity (Wildman–Crippen MR) is 84.1 cm³/mol. The molecular formula is C16H14F3N5O. The van der Waals surface area contributed by atoms with Crippen molar-refractivity contribution >= 4 is 5.69 Å². The molecule has 0 unspecified atom stereocenters. The number of imidazole rings is 1. The first-order chi connectivity index (χ1) is 12.0. The number of rotatable bonds is 6. The number of alkyl halides is 3. The van der Waals surface area contributed by atoms with Crippen LogP contribution >= 0.6 is 0 Å². The topological polar surface area (TPSA) is 75.7 Å². The monoisotopic (exact) mass is 349 g/mol. The Labute approximate surface area is 141 Å². The fourth-order valence-corrected chi connectivity index (χ4v) is 2.17. The van der Waals surface area contributed by atoms with Gasteiger partial charge in [0.05, 0.1) is 11.9 Å². The molecule has 0 fully saturated rings. The molecular weight excluding hydrogens is 335 g/mol. The van der Waals surface area contributed by atoms with Crippen molar-refractivity contribution in [3.05, 3.63) is 66.6 Å². The van der Waals surface area contributed by atoms with Crippen LogP contribution in [0.4, 0.5) is 18.9 Å². The summed E-state index contributed by atoms with van der Waals surface area (Å²) in [7, 11) is 0. The number of nitrogens with one attached hydrogen (secondary N) is 2. The van der Waals surface area contributed by atoms with E-state index >= 15 is 0 Å². The van der Waals surface area contributed by atoms with Gasteiger partial charge in [0.1, 0.15) is 11.9 Å². The summed E-state index contributed by atoms with van der Waals surface area (Å²) in [6.07, 6.45) is 3.70. The Morgan fingerprint density at radius 1 is 1.12 bits per heavy atom. The summed E-state index contributed by atoms with van der Waals surface area (Å²) in [6, 6.07) is 6.34. The zero-order valence-corrected chi connectivity index (χ0v) is 12.9. The summed E-state index contributed by atoms with van der Waals surface area (Å²) < 4.78 is 41.1. The van der Waals surface area contributed by atoms with Gasteiger partial charge >= 0.3 is 6.18 Å². The second-order valence-electron chi connectivity index (χ2n) is 5.13. The van der Waals surface area contributed by atoms with Crippen LogP contribution in [0.15, 0.2) is 55.2 Å². The normalized spacial score (nSPS) is 12.6. The average Bonchev–Trinajstić information content (AvgIpc) is 3.13. The van der Waals surface area contributed by atoms with Gasteiger partial charge in [-0.1, -0.05) is 6.07 Å². The van der Waals surface area contributed by atoms with E-state index in [1.807, 2.05) is 6.07 Å². The maximum atomic E-state index is 12.2. The maximum absolute atomic E-state index is 12.2. The van der Waals surface area contributed by atoms with Gasteiger partial charge in [-0.3, -0.25) is 4.98 Å². The molecule has 3 aromatic rings. The Hall–Kier alpha value is -3.10. The fraction of sp³-hybridized carbons (Fsp3) is 0.188. The molecule has 0 aliphatic rings. The number of halogens is 3. The van der Waals surface area contributed by atoms with Crippen LogP contribution in [0.2, 0.25) is 0 Å². The molecule has 25 heavy (non-hydrogen) atoms. The van der Waals surface area contributed by atoms with E-state index in [1.54, 1.807) is 36.9 Å². The molecule has 0 spiro atoms. The minimum absolute atomic E-state index is 0.0983. The first-order valence-electron chi connectivity index (χ1n) is 7.32. The van der Waals surface area contributed by atoms with Gasteiger partial charge in [0.25, 0.3) is 0 Å². The fourth-order valence-electron chi connectivity index (χ4n) is 2.17. The number of H-pyrrole nitrogens is 1. The van der Waals surface area contributed by atoms with E-state index in [9.17, 15) is 13.2 Å². The second-order valence-corrected chi connectivity index (χ2v) is 5.13. The molecule has 0 radical (unpaired) electrons. The molecule has 6 nitrogen and oxygen atoms in total. The van der Waals surface area contributed by atoms with Gasteiger partial charge in [0.2, 0.25) is 5.88 Å². The third-order valence-electron chi connectivity index (χ3n) is 3.24. The largest absolute Gasteiger partial charge is 0.468 e. The van der Waals surface area contributed by atoms with E-state index in [0.717, 1.165) is 5.56 Å². The molecule has 3 heterocycles. The smallest absolute Gasteiger partial charge is 0.422 e. The molecule has 0 aromatic carbocycles. The predicted octanol–water partition coefficient (Wildman–Crippen LogP) is 3.34. The lowest BCUT2D eigenvalue weighted by molar-refractivity contribution is -0.154. The highest BCUT2D eigenvalue weighted by molar-refractivity contribution is 5.46. The van der Waals surface area contributed by atoms with Crippen LogP contribution in [-0.2, 0) is 0 Å². The van der Waals surface area contributed by atoms with Crippen molar-refractivity contribution in [3.63, 3.8) is 0 Å². The Morgan fingerprint density at radius 3 is 2.60 bits per heavy atom.